The van der Waals surface area contributed by atoms with E-state index in [0.717, 1.165) is 55.3 Å². The van der Waals surface area contributed by atoms with Gasteiger partial charge in [-0.15, -0.1) is 0 Å². The molecule has 2 aromatic rings. The molecule has 0 aliphatic carbocycles. The molecule has 2 N–H and O–H groups in total. The highest BCUT2D eigenvalue weighted by atomic mass is 16.5. The van der Waals surface area contributed by atoms with Gasteiger partial charge in [0.25, 0.3) is 0 Å². The first-order valence-electron chi connectivity index (χ1n) is 10.7. The molecule has 0 radical (unpaired) electrons. The molecule has 1 saturated heterocycles. The molecule has 1 atom stereocenters. The second-order valence-corrected chi connectivity index (χ2v) is 7.38. The number of ether oxygens (including phenoxy) is 2. The van der Waals surface area contributed by atoms with E-state index in [1.807, 2.05) is 30.5 Å². The lowest BCUT2D eigenvalue weighted by atomic mass is 10.0. The topological polar surface area (TPSA) is 71.0 Å². The monoisotopic (exact) mass is 411 g/mol. The van der Waals surface area contributed by atoms with E-state index in [0.29, 0.717) is 25.1 Å². The summed E-state index contributed by atoms with van der Waals surface area (Å²) in [5.41, 5.74) is 2.23. The highest BCUT2D eigenvalue weighted by Crippen LogP contribution is 2.29. The Morgan fingerprint density at radius 2 is 2.13 bits per heavy atom. The number of rotatable bonds is 8. The second kappa shape index (κ2) is 11.3. The first-order valence-corrected chi connectivity index (χ1v) is 10.7. The van der Waals surface area contributed by atoms with Gasteiger partial charge in [-0.1, -0.05) is 25.1 Å². The normalized spacial score (nSPS) is 16.8. The van der Waals surface area contributed by atoms with Crippen LogP contribution in [0.15, 0.2) is 47.6 Å². The molecule has 2 heterocycles. The van der Waals surface area contributed by atoms with Crippen molar-refractivity contribution in [2.75, 3.05) is 38.8 Å². The average molecular weight is 412 g/mol. The molecule has 0 spiro atoms. The van der Waals surface area contributed by atoms with Crippen LogP contribution in [0.2, 0.25) is 0 Å². The number of guanidine groups is 1. The minimum Gasteiger partial charge on any atom is -0.495 e. The molecule has 1 aliphatic rings. The first-order chi connectivity index (χ1) is 14.7. The van der Waals surface area contributed by atoms with Crippen LogP contribution in [-0.4, -0.2) is 50.8 Å². The lowest BCUT2D eigenvalue weighted by Gasteiger charge is -2.36. The molecule has 1 aromatic carbocycles. The lowest BCUT2D eigenvalue weighted by Crippen LogP contribution is -2.51. The van der Waals surface area contributed by atoms with E-state index >= 15 is 0 Å². The van der Waals surface area contributed by atoms with E-state index in [9.17, 15) is 0 Å². The number of piperidine rings is 1. The predicted octanol–water partition coefficient (Wildman–Crippen LogP) is 3.21. The van der Waals surface area contributed by atoms with Crippen molar-refractivity contribution in [1.29, 1.82) is 0 Å². The maximum atomic E-state index is 5.54. The first kappa shape index (κ1) is 21.7. The maximum Gasteiger partial charge on any atom is 0.213 e. The van der Waals surface area contributed by atoms with Gasteiger partial charge in [0.2, 0.25) is 5.88 Å². The third-order valence-corrected chi connectivity index (χ3v) is 5.12. The van der Waals surface area contributed by atoms with Gasteiger partial charge in [-0.05, 0) is 37.0 Å². The Kier molecular flexibility index (Phi) is 8.18. The van der Waals surface area contributed by atoms with Crippen LogP contribution in [0.1, 0.15) is 31.7 Å². The van der Waals surface area contributed by atoms with Crippen molar-refractivity contribution >= 4 is 11.6 Å². The van der Waals surface area contributed by atoms with E-state index in [1.165, 1.54) is 0 Å². The third kappa shape index (κ3) is 6.02. The zero-order valence-electron chi connectivity index (χ0n) is 18.2. The van der Waals surface area contributed by atoms with E-state index in [-0.39, 0.29) is 0 Å². The Morgan fingerprint density at radius 1 is 1.27 bits per heavy atom. The van der Waals surface area contributed by atoms with Crippen molar-refractivity contribution < 1.29 is 9.47 Å². The number of anilines is 1. The molecule has 0 bridgehead atoms. The molecule has 1 fully saturated rings. The number of benzene rings is 1. The molecule has 30 heavy (non-hydrogen) atoms. The molecule has 1 aliphatic heterocycles. The fraction of sp³-hybridized carbons (Fsp3) is 0.478. The molecular formula is C23H33N5O2. The van der Waals surface area contributed by atoms with Gasteiger partial charge in [0.1, 0.15) is 5.75 Å². The third-order valence-electron chi connectivity index (χ3n) is 5.12. The van der Waals surface area contributed by atoms with Crippen LogP contribution >= 0.6 is 0 Å². The quantitative estimate of drug-likeness (QED) is 0.513. The largest absolute Gasteiger partial charge is 0.495 e. The number of nitrogens with zero attached hydrogens (tertiary/aromatic N) is 3. The number of aliphatic imine (C=N–C) groups is 1. The number of aromatic nitrogens is 1. The molecule has 1 unspecified atom stereocenters. The number of nitrogens with one attached hydrogen (secondary N) is 2. The molecule has 0 amide bonds. The minimum absolute atomic E-state index is 0.317. The summed E-state index contributed by atoms with van der Waals surface area (Å²) in [5.74, 6) is 2.38. The smallest absolute Gasteiger partial charge is 0.213 e. The molecule has 7 heteroatoms. The van der Waals surface area contributed by atoms with Gasteiger partial charge >= 0.3 is 0 Å². The Morgan fingerprint density at radius 3 is 2.87 bits per heavy atom. The fourth-order valence-electron chi connectivity index (χ4n) is 3.59. The van der Waals surface area contributed by atoms with Crippen LogP contribution in [0.3, 0.4) is 0 Å². The summed E-state index contributed by atoms with van der Waals surface area (Å²) in [6.45, 7) is 5.37. The van der Waals surface area contributed by atoms with Gasteiger partial charge in [0.15, 0.2) is 5.96 Å². The number of hydrogen-bond acceptors (Lipinski definition) is 5. The molecule has 3 rings (SSSR count). The number of para-hydroxylation sites is 2. The van der Waals surface area contributed by atoms with Crippen LogP contribution in [0, 0.1) is 0 Å². The fourth-order valence-corrected chi connectivity index (χ4v) is 3.59. The summed E-state index contributed by atoms with van der Waals surface area (Å²) in [6.07, 6.45) is 5.05. The lowest BCUT2D eigenvalue weighted by molar-refractivity contribution is 0.305. The van der Waals surface area contributed by atoms with Crippen molar-refractivity contribution in [2.24, 2.45) is 4.99 Å². The van der Waals surface area contributed by atoms with Gasteiger partial charge in [0, 0.05) is 45.0 Å². The zero-order chi connectivity index (χ0) is 21.2. The molecule has 162 valence electrons. The highest BCUT2D eigenvalue weighted by Gasteiger charge is 2.22. The minimum atomic E-state index is 0.317. The summed E-state index contributed by atoms with van der Waals surface area (Å²) < 4.78 is 11.1. The summed E-state index contributed by atoms with van der Waals surface area (Å²) in [6, 6.07) is 12.5. The standard InChI is InChI=1S/C23H33N5O2/c1-4-14-30-22-12-11-18(15-25-22)16-26-23(24-2)27-19-8-7-13-28(17-19)20-9-5-6-10-21(20)29-3/h5-6,9-12,15,19H,4,7-8,13-14,16-17H2,1-3H3,(H2,24,26,27). The highest BCUT2D eigenvalue weighted by molar-refractivity contribution is 5.80. The van der Waals surface area contributed by atoms with Crippen molar-refractivity contribution in [2.45, 2.75) is 38.8 Å². The molecule has 1 aromatic heterocycles. The van der Waals surface area contributed by atoms with Crippen molar-refractivity contribution in [3.63, 3.8) is 0 Å². The van der Waals surface area contributed by atoms with Gasteiger partial charge < -0.3 is 25.0 Å². The Balaban J connectivity index is 1.52. The van der Waals surface area contributed by atoms with E-state index in [4.69, 9.17) is 9.47 Å². The van der Waals surface area contributed by atoms with E-state index in [2.05, 4.69) is 44.6 Å². The number of hydrogen-bond donors (Lipinski definition) is 2. The summed E-state index contributed by atoms with van der Waals surface area (Å²) in [4.78, 5) is 11.1. The van der Waals surface area contributed by atoms with Crippen molar-refractivity contribution in [3.05, 3.63) is 48.2 Å². The SMILES string of the molecule is CCCOc1ccc(CNC(=NC)NC2CCCN(c3ccccc3OC)C2)cn1. The average Bonchev–Trinajstić information content (AvgIpc) is 2.81. The summed E-state index contributed by atoms with van der Waals surface area (Å²) in [5, 5.41) is 6.95. The van der Waals surface area contributed by atoms with Crippen molar-refractivity contribution in [3.8, 4) is 11.6 Å². The number of methoxy groups -OCH3 is 1. The van der Waals surface area contributed by atoms with Crippen molar-refractivity contribution in [1.82, 2.24) is 15.6 Å². The van der Waals surface area contributed by atoms with Gasteiger partial charge in [-0.3, -0.25) is 4.99 Å². The molecular weight excluding hydrogens is 378 g/mol. The summed E-state index contributed by atoms with van der Waals surface area (Å²) in [7, 11) is 3.53. The predicted molar refractivity (Wildman–Crippen MR) is 122 cm³/mol. The molecule has 7 nitrogen and oxygen atoms in total. The Bertz CT molecular complexity index is 809. The van der Waals surface area contributed by atoms with E-state index < -0.39 is 0 Å². The zero-order valence-corrected chi connectivity index (χ0v) is 18.2. The van der Waals surface area contributed by atoms with Crippen LogP contribution < -0.4 is 25.0 Å². The Hall–Kier alpha value is -2.96. The van der Waals surface area contributed by atoms with Crippen LogP contribution in [-0.2, 0) is 6.54 Å². The molecule has 0 saturated carbocycles. The van der Waals surface area contributed by atoms with Crippen LogP contribution in [0.4, 0.5) is 5.69 Å². The van der Waals surface area contributed by atoms with Crippen LogP contribution in [0.25, 0.3) is 0 Å². The van der Waals surface area contributed by atoms with Crippen LogP contribution in [0.5, 0.6) is 11.6 Å². The Labute approximate surface area is 179 Å². The second-order valence-electron chi connectivity index (χ2n) is 7.38. The van der Waals surface area contributed by atoms with Gasteiger partial charge in [-0.2, -0.15) is 0 Å². The van der Waals surface area contributed by atoms with E-state index in [1.54, 1.807) is 14.2 Å². The van der Waals surface area contributed by atoms with Gasteiger partial charge in [0.05, 0.1) is 19.4 Å². The summed E-state index contributed by atoms with van der Waals surface area (Å²) >= 11 is 0. The van der Waals surface area contributed by atoms with Gasteiger partial charge in [-0.25, -0.2) is 4.98 Å². The maximum absolute atomic E-state index is 5.54. The number of pyridine rings is 1.